The van der Waals surface area contributed by atoms with Gasteiger partial charge in [-0.25, -0.2) is 9.59 Å². The summed E-state index contributed by atoms with van der Waals surface area (Å²) in [6, 6.07) is 28.2. The van der Waals surface area contributed by atoms with E-state index in [-0.39, 0.29) is 30.5 Å². The van der Waals surface area contributed by atoms with Gasteiger partial charge in [0.1, 0.15) is 19.0 Å². The average Bonchev–Trinajstić information content (AvgIpc) is 3.29. The smallest absolute Gasteiger partial charge is 0.346 e. The molecule has 176 valence electrons. The van der Waals surface area contributed by atoms with E-state index < -0.39 is 11.9 Å². The van der Waals surface area contributed by atoms with Crippen molar-refractivity contribution < 1.29 is 28.2 Å². The van der Waals surface area contributed by atoms with Crippen molar-refractivity contribution in [1.29, 1.82) is 0 Å². The van der Waals surface area contributed by atoms with Crippen LogP contribution in [0.25, 0.3) is 17.2 Å². The van der Waals surface area contributed by atoms with E-state index in [4.69, 9.17) is 18.6 Å². The lowest BCUT2D eigenvalue weighted by atomic mass is 10.0. The highest BCUT2D eigenvalue weighted by atomic mass is 16.6. The Morgan fingerprint density at radius 2 is 1.37 bits per heavy atom. The van der Waals surface area contributed by atoms with Crippen molar-refractivity contribution in [3.8, 4) is 17.1 Å². The molecule has 0 saturated carbocycles. The van der Waals surface area contributed by atoms with Crippen molar-refractivity contribution in [1.82, 2.24) is 0 Å². The van der Waals surface area contributed by atoms with E-state index in [9.17, 15) is 9.59 Å². The van der Waals surface area contributed by atoms with Gasteiger partial charge in [-0.15, -0.1) is 0 Å². The summed E-state index contributed by atoms with van der Waals surface area (Å²) in [6.07, 6.45) is 2.68. The highest BCUT2D eigenvalue weighted by Gasteiger charge is 2.29. The molecule has 0 bridgehead atoms. The first kappa shape index (κ1) is 23.6. The SMILES string of the molecule is COC(=O)/C=C/c1oc(OCc2ccccc2)c(C(=O)OCc2ccccc2)c1-c1ccccc1. The third kappa shape index (κ3) is 6.06. The van der Waals surface area contributed by atoms with Gasteiger partial charge in [0.2, 0.25) is 0 Å². The van der Waals surface area contributed by atoms with Crippen LogP contribution in [0, 0.1) is 0 Å². The number of rotatable bonds is 9. The van der Waals surface area contributed by atoms with Gasteiger partial charge < -0.3 is 18.6 Å². The van der Waals surface area contributed by atoms with E-state index in [0.717, 1.165) is 11.1 Å². The molecule has 0 unspecified atom stereocenters. The molecule has 1 heterocycles. The zero-order chi connectivity index (χ0) is 24.5. The highest BCUT2D eigenvalue weighted by molar-refractivity contribution is 6.02. The molecule has 0 spiro atoms. The molecule has 6 nitrogen and oxygen atoms in total. The second-order valence-electron chi connectivity index (χ2n) is 7.56. The largest absolute Gasteiger partial charge is 0.466 e. The Hall–Kier alpha value is -4.58. The van der Waals surface area contributed by atoms with Crippen molar-refractivity contribution >= 4 is 18.0 Å². The second-order valence-corrected chi connectivity index (χ2v) is 7.56. The van der Waals surface area contributed by atoms with Crippen LogP contribution in [0.2, 0.25) is 0 Å². The lowest BCUT2D eigenvalue weighted by Crippen LogP contribution is -2.08. The number of carbonyl (C=O) groups excluding carboxylic acids is 2. The lowest BCUT2D eigenvalue weighted by molar-refractivity contribution is -0.134. The molecule has 0 amide bonds. The summed E-state index contributed by atoms with van der Waals surface area (Å²) in [6.45, 7) is 0.270. The van der Waals surface area contributed by atoms with Gasteiger partial charge in [-0.05, 0) is 22.8 Å². The van der Waals surface area contributed by atoms with E-state index in [2.05, 4.69) is 0 Å². The second kappa shape index (κ2) is 11.5. The normalized spacial score (nSPS) is 10.8. The van der Waals surface area contributed by atoms with Crippen LogP contribution in [0.5, 0.6) is 5.95 Å². The van der Waals surface area contributed by atoms with E-state index in [1.54, 1.807) is 0 Å². The predicted molar refractivity (Wildman–Crippen MR) is 132 cm³/mol. The molecule has 6 heteroatoms. The molecule has 35 heavy (non-hydrogen) atoms. The Bertz CT molecular complexity index is 1290. The van der Waals surface area contributed by atoms with Crippen LogP contribution in [-0.4, -0.2) is 19.0 Å². The Balaban J connectivity index is 1.75. The maximum Gasteiger partial charge on any atom is 0.346 e. The van der Waals surface area contributed by atoms with Gasteiger partial charge in [0.05, 0.1) is 7.11 Å². The summed E-state index contributed by atoms with van der Waals surface area (Å²) in [4.78, 5) is 25.1. The van der Waals surface area contributed by atoms with Crippen LogP contribution in [0.1, 0.15) is 27.2 Å². The van der Waals surface area contributed by atoms with Gasteiger partial charge in [-0.3, -0.25) is 0 Å². The molecule has 1 aromatic heterocycles. The molecular weight excluding hydrogens is 444 g/mol. The van der Waals surface area contributed by atoms with Gasteiger partial charge in [-0.2, -0.15) is 0 Å². The molecule has 0 radical (unpaired) electrons. The van der Waals surface area contributed by atoms with Gasteiger partial charge in [0.25, 0.3) is 0 Å². The minimum absolute atomic E-state index is 0.00952. The number of hydrogen-bond donors (Lipinski definition) is 0. The summed E-state index contributed by atoms with van der Waals surface area (Å²) < 4.78 is 22.3. The lowest BCUT2D eigenvalue weighted by Gasteiger charge is -2.09. The minimum atomic E-state index is -0.600. The zero-order valence-corrected chi connectivity index (χ0v) is 19.2. The Kier molecular flexibility index (Phi) is 7.76. The highest BCUT2D eigenvalue weighted by Crippen LogP contribution is 2.39. The average molecular weight is 469 g/mol. The summed E-state index contributed by atoms with van der Waals surface area (Å²) in [5.74, 6) is -0.871. The van der Waals surface area contributed by atoms with Crippen molar-refractivity contribution in [2.75, 3.05) is 7.11 Å². The number of furan rings is 1. The standard InChI is InChI=1S/C29H24O6/c1-32-25(30)18-17-24-26(23-15-9-4-10-16-23)27(28(31)33-19-21-11-5-2-6-12-21)29(35-24)34-20-22-13-7-3-8-14-22/h2-18H,19-20H2,1H3/b18-17+. The van der Waals surface area contributed by atoms with Gasteiger partial charge in [0.15, 0.2) is 5.56 Å². The topological polar surface area (TPSA) is 75.0 Å². The summed E-state index contributed by atoms with van der Waals surface area (Å²) >= 11 is 0. The van der Waals surface area contributed by atoms with E-state index >= 15 is 0 Å². The van der Waals surface area contributed by atoms with Crippen LogP contribution in [-0.2, 0) is 27.5 Å². The number of ether oxygens (including phenoxy) is 3. The fraction of sp³-hybridized carbons (Fsp3) is 0.103. The molecule has 3 aromatic carbocycles. The fourth-order valence-electron chi connectivity index (χ4n) is 3.45. The summed E-state index contributed by atoms with van der Waals surface area (Å²) in [5.41, 5.74) is 3.07. The number of esters is 2. The molecule has 4 rings (SSSR count). The van der Waals surface area contributed by atoms with Crippen LogP contribution in [0.4, 0.5) is 0 Å². The van der Waals surface area contributed by atoms with Gasteiger partial charge >= 0.3 is 17.9 Å². The van der Waals surface area contributed by atoms with Crippen LogP contribution in [0.3, 0.4) is 0 Å². The van der Waals surface area contributed by atoms with Crippen LogP contribution in [0.15, 0.2) is 101 Å². The summed E-state index contributed by atoms with van der Waals surface area (Å²) in [5, 5.41) is 0. The Morgan fingerprint density at radius 3 is 1.97 bits per heavy atom. The number of hydrogen-bond acceptors (Lipinski definition) is 6. The van der Waals surface area contributed by atoms with Crippen LogP contribution < -0.4 is 4.74 Å². The van der Waals surface area contributed by atoms with E-state index in [1.807, 2.05) is 91.0 Å². The van der Waals surface area contributed by atoms with Gasteiger partial charge in [0, 0.05) is 11.6 Å². The zero-order valence-electron chi connectivity index (χ0n) is 19.2. The number of methoxy groups -OCH3 is 1. The van der Waals surface area contributed by atoms with Gasteiger partial charge in [-0.1, -0.05) is 91.0 Å². The maximum absolute atomic E-state index is 13.4. The fourth-order valence-corrected chi connectivity index (χ4v) is 3.45. The first-order valence-electron chi connectivity index (χ1n) is 11.0. The molecule has 0 N–H and O–H groups in total. The van der Waals surface area contributed by atoms with Crippen molar-refractivity contribution in [2.45, 2.75) is 13.2 Å². The maximum atomic E-state index is 13.4. The number of carbonyl (C=O) groups is 2. The monoisotopic (exact) mass is 468 g/mol. The number of benzene rings is 3. The molecular formula is C29H24O6. The molecule has 4 aromatic rings. The van der Waals surface area contributed by atoms with Crippen molar-refractivity contribution in [2.24, 2.45) is 0 Å². The minimum Gasteiger partial charge on any atom is -0.466 e. The van der Waals surface area contributed by atoms with Crippen LogP contribution >= 0.6 is 0 Å². The molecule has 0 saturated heterocycles. The predicted octanol–water partition coefficient (Wildman–Crippen LogP) is 6.07. The van der Waals surface area contributed by atoms with E-state index in [1.165, 1.54) is 19.3 Å². The van der Waals surface area contributed by atoms with Crippen molar-refractivity contribution in [3.05, 3.63) is 120 Å². The quantitative estimate of drug-likeness (QED) is 0.219. The Labute approximate surface area is 203 Å². The molecule has 0 fully saturated rings. The third-order valence-corrected chi connectivity index (χ3v) is 5.17. The first-order valence-corrected chi connectivity index (χ1v) is 11.0. The molecule has 0 aliphatic heterocycles. The van der Waals surface area contributed by atoms with Crippen molar-refractivity contribution in [3.63, 3.8) is 0 Å². The molecule has 0 aliphatic carbocycles. The Morgan fingerprint density at radius 1 is 0.800 bits per heavy atom. The third-order valence-electron chi connectivity index (χ3n) is 5.17. The summed E-state index contributed by atoms with van der Waals surface area (Å²) in [7, 11) is 1.29. The van der Waals surface area contributed by atoms with E-state index in [0.29, 0.717) is 11.1 Å². The molecule has 0 atom stereocenters. The first-order chi connectivity index (χ1) is 17.2. The molecule has 0 aliphatic rings.